The number of carbonyl (C=O) groups is 1. The van der Waals surface area contributed by atoms with E-state index in [9.17, 15) is 23.1 Å². The van der Waals surface area contributed by atoms with Gasteiger partial charge >= 0.3 is 12.1 Å². The molecule has 22 heavy (non-hydrogen) atoms. The number of benzene rings is 1. The number of alkyl halides is 3. The van der Waals surface area contributed by atoms with Gasteiger partial charge in [-0.2, -0.15) is 13.2 Å². The summed E-state index contributed by atoms with van der Waals surface area (Å²) in [5.41, 5.74) is -0.733. The van der Waals surface area contributed by atoms with Gasteiger partial charge in [0.15, 0.2) is 0 Å². The molecule has 0 saturated heterocycles. The second-order valence-electron chi connectivity index (χ2n) is 5.73. The van der Waals surface area contributed by atoms with Gasteiger partial charge in [-0.05, 0) is 50.1 Å². The van der Waals surface area contributed by atoms with Gasteiger partial charge in [-0.25, -0.2) is 0 Å². The lowest BCUT2D eigenvalue weighted by molar-refractivity contribution is -0.183. The van der Waals surface area contributed by atoms with Crippen LogP contribution in [-0.4, -0.2) is 23.4 Å². The Morgan fingerprint density at radius 3 is 2.41 bits per heavy atom. The maximum absolute atomic E-state index is 12.9. The minimum Gasteiger partial charge on any atom is -0.481 e. The van der Waals surface area contributed by atoms with Crippen LogP contribution < -0.4 is 4.74 Å². The molecule has 1 aromatic carbocycles. The van der Waals surface area contributed by atoms with Crippen LogP contribution in [0.3, 0.4) is 0 Å². The van der Waals surface area contributed by atoms with Gasteiger partial charge in [0.2, 0.25) is 6.10 Å². The highest BCUT2D eigenvalue weighted by molar-refractivity contribution is 6.32. The molecule has 0 aromatic heterocycles. The number of hydrogen-bond donors (Lipinski definition) is 1. The molecule has 1 heterocycles. The molecule has 0 saturated carbocycles. The van der Waals surface area contributed by atoms with Gasteiger partial charge in [0, 0.05) is 10.6 Å². The summed E-state index contributed by atoms with van der Waals surface area (Å²) in [6, 6.07) is 2.69. The second kappa shape index (κ2) is 5.19. The molecule has 0 amide bonds. The van der Waals surface area contributed by atoms with Crippen LogP contribution in [0.4, 0.5) is 13.2 Å². The van der Waals surface area contributed by atoms with E-state index in [4.69, 9.17) is 16.3 Å². The van der Waals surface area contributed by atoms with E-state index in [2.05, 4.69) is 0 Å². The van der Waals surface area contributed by atoms with E-state index < -0.39 is 23.7 Å². The first-order chi connectivity index (χ1) is 9.94. The molecule has 1 unspecified atom stereocenters. The van der Waals surface area contributed by atoms with E-state index in [1.165, 1.54) is 39.0 Å². The van der Waals surface area contributed by atoms with Gasteiger partial charge in [-0.15, -0.1) is 0 Å². The van der Waals surface area contributed by atoms with E-state index >= 15 is 0 Å². The molecule has 1 aliphatic rings. The minimum atomic E-state index is -4.54. The van der Waals surface area contributed by atoms with Crippen LogP contribution in [-0.2, 0) is 10.2 Å². The van der Waals surface area contributed by atoms with Crippen molar-refractivity contribution < 1.29 is 27.8 Å². The average molecular weight is 335 g/mol. The van der Waals surface area contributed by atoms with Crippen molar-refractivity contribution in [3.05, 3.63) is 33.9 Å². The second-order valence-corrected chi connectivity index (χ2v) is 6.14. The Bertz CT molecular complexity index is 663. The first kappa shape index (κ1) is 16.7. The van der Waals surface area contributed by atoms with Crippen LogP contribution in [0, 0.1) is 0 Å². The number of aliphatic carboxylic acids is 1. The van der Waals surface area contributed by atoms with Crippen LogP contribution in [0.2, 0.25) is 5.02 Å². The average Bonchev–Trinajstić information content (AvgIpc) is 2.35. The molecule has 1 N–H and O–H groups in total. The summed E-state index contributed by atoms with van der Waals surface area (Å²) in [5.74, 6) is -1.16. The van der Waals surface area contributed by atoms with Crippen LogP contribution in [0.25, 0.3) is 6.08 Å². The Kier molecular flexibility index (Phi) is 3.94. The molecule has 3 nitrogen and oxygen atoms in total. The molecule has 2 rings (SSSR count). The van der Waals surface area contributed by atoms with E-state index in [0.717, 1.165) is 0 Å². The summed E-state index contributed by atoms with van der Waals surface area (Å²) in [5, 5.41) is 9.43. The summed E-state index contributed by atoms with van der Waals surface area (Å²) in [7, 11) is 0. The van der Waals surface area contributed by atoms with Crippen molar-refractivity contribution in [3.8, 4) is 5.75 Å². The highest BCUT2D eigenvalue weighted by Crippen LogP contribution is 2.41. The van der Waals surface area contributed by atoms with Gasteiger partial charge < -0.3 is 9.84 Å². The molecule has 7 heteroatoms. The fourth-order valence-corrected chi connectivity index (χ4v) is 2.65. The van der Waals surface area contributed by atoms with Crippen molar-refractivity contribution in [2.24, 2.45) is 0 Å². The van der Waals surface area contributed by atoms with E-state index in [0.29, 0.717) is 5.56 Å². The highest BCUT2D eigenvalue weighted by Gasteiger charge is 2.45. The van der Waals surface area contributed by atoms with Gasteiger partial charge in [-0.3, -0.25) is 4.79 Å². The lowest BCUT2D eigenvalue weighted by Gasteiger charge is -2.29. The first-order valence-corrected chi connectivity index (χ1v) is 6.81. The predicted octanol–water partition coefficient (Wildman–Crippen LogP) is 4.43. The summed E-state index contributed by atoms with van der Waals surface area (Å²) in [6.45, 7) is 4.17. The molecule has 120 valence electrons. The smallest absolute Gasteiger partial charge is 0.429 e. The van der Waals surface area contributed by atoms with E-state index in [1.54, 1.807) is 0 Å². The zero-order valence-corrected chi connectivity index (χ0v) is 12.8. The molecule has 1 aliphatic heterocycles. The predicted molar refractivity (Wildman–Crippen MR) is 76.2 cm³/mol. The van der Waals surface area contributed by atoms with Gasteiger partial charge in [-0.1, -0.05) is 11.6 Å². The summed E-state index contributed by atoms with van der Waals surface area (Å²) in [6.07, 6.45) is -5.23. The highest BCUT2D eigenvalue weighted by atomic mass is 35.5. The van der Waals surface area contributed by atoms with Gasteiger partial charge in [0.1, 0.15) is 5.75 Å². The Morgan fingerprint density at radius 2 is 1.91 bits per heavy atom. The molecular weight excluding hydrogens is 321 g/mol. The van der Waals surface area contributed by atoms with Crippen molar-refractivity contribution in [1.82, 2.24) is 0 Å². The molecule has 0 spiro atoms. The molecule has 0 fully saturated rings. The van der Waals surface area contributed by atoms with Crippen molar-refractivity contribution in [3.63, 3.8) is 0 Å². The number of hydrogen-bond acceptors (Lipinski definition) is 2. The van der Waals surface area contributed by atoms with Crippen LogP contribution in [0.15, 0.2) is 17.7 Å². The maximum atomic E-state index is 12.9. The molecule has 1 atom stereocenters. The number of rotatable bonds is 2. The normalized spacial score (nSPS) is 18.3. The summed E-state index contributed by atoms with van der Waals surface area (Å²) < 4.78 is 43.9. The third-order valence-corrected chi connectivity index (χ3v) is 3.96. The van der Waals surface area contributed by atoms with Crippen molar-refractivity contribution >= 4 is 23.6 Å². The molecule has 0 radical (unpaired) electrons. The topological polar surface area (TPSA) is 46.5 Å². The monoisotopic (exact) mass is 334 g/mol. The Hall–Kier alpha value is -1.69. The van der Waals surface area contributed by atoms with Crippen LogP contribution in [0.1, 0.15) is 31.9 Å². The number of halogens is 4. The standard InChI is InChI=1S/C15H14ClF3O3/c1-7-4-8-5-10(16)9(14(2,3)13(20)21)6-11(8)22-12(7)15(17,18)19/h4-6,12H,1-3H3,(H,20,21). The lowest BCUT2D eigenvalue weighted by Crippen LogP contribution is -2.37. The van der Waals surface area contributed by atoms with Crippen molar-refractivity contribution in [2.45, 2.75) is 38.5 Å². The Morgan fingerprint density at radius 1 is 1.32 bits per heavy atom. The SMILES string of the molecule is CC1=Cc2cc(Cl)c(C(C)(C)C(=O)O)cc2OC1C(F)(F)F. The minimum absolute atomic E-state index is 0.0151. The maximum Gasteiger partial charge on any atom is 0.429 e. The van der Waals surface area contributed by atoms with E-state index in [1.807, 2.05) is 0 Å². The van der Waals surface area contributed by atoms with Crippen molar-refractivity contribution in [1.29, 1.82) is 0 Å². The number of ether oxygens (including phenoxy) is 1. The largest absolute Gasteiger partial charge is 0.481 e. The quantitative estimate of drug-likeness (QED) is 0.870. The Balaban J connectivity index is 2.56. The Labute approximate surface area is 130 Å². The molecular formula is C15H14ClF3O3. The molecule has 0 aliphatic carbocycles. The first-order valence-electron chi connectivity index (χ1n) is 6.43. The number of carboxylic acid groups (broad SMARTS) is 1. The van der Waals surface area contributed by atoms with E-state index in [-0.39, 0.29) is 21.9 Å². The fourth-order valence-electron chi connectivity index (χ4n) is 2.24. The lowest BCUT2D eigenvalue weighted by atomic mass is 9.83. The number of carboxylic acids is 1. The van der Waals surface area contributed by atoms with Crippen LogP contribution in [0.5, 0.6) is 5.75 Å². The molecule has 0 bridgehead atoms. The third-order valence-electron chi connectivity index (χ3n) is 3.65. The van der Waals surface area contributed by atoms with Gasteiger partial charge in [0.25, 0.3) is 0 Å². The molecule has 1 aromatic rings. The third kappa shape index (κ3) is 2.79. The van der Waals surface area contributed by atoms with Crippen LogP contribution >= 0.6 is 11.6 Å². The zero-order valence-electron chi connectivity index (χ0n) is 12.1. The van der Waals surface area contributed by atoms with Crippen molar-refractivity contribution in [2.75, 3.05) is 0 Å². The zero-order chi connectivity index (χ0) is 16.9. The summed E-state index contributed by atoms with van der Waals surface area (Å²) >= 11 is 6.09. The number of fused-ring (bicyclic) bond motifs is 1. The van der Waals surface area contributed by atoms with Gasteiger partial charge in [0.05, 0.1) is 5.41 Å². The fraction of sp³-hybridized carbons (Fsp3) is 0.400. The summed E-state index contributed by atoms with van der Waals surface area (Å²) in [4.78, 5) is 11.3.